The standard InChI is InChI=1S/C15H16O3S.C6H6O3S/c1-10-8-11(2)15(12(3)9-10)13-6-4-5-7-14(13)19(16,17)18;7-10(8,9)6-4-2-1-3-5-6/h4-9H,1-3H3,(H,16,17,18);1-5H,(H,7,8,9). The Balaban J connectivity index is 0.000000253. The van der Waals surface area contributed by atoms with E-state index in [-0.39, 0.29) is 9.79 Å². The predicted octanol–water partition coefficient (Wildman–Crippen LogP) is 4.46. The van der Waals surface area contributed by atoms with Crippen LogP contribution in [0.2, 0.25) is 0 Å². The van der Waals surface area contributed by atoms with Crippen molar-refractivity contribution in [1.29, 1.82) is 0 Å². The molecule has 0 fully saturated rings. The van der Waals surface area contributed by atoms with Gasteiger partial charge in [-0.05, 0) is 55.7 Å². The van der Waals surface area contributed by atoms with Crippen LogP contribution in [-0.4, -0.2) is 25.9 Å². The van der Waals surface area contributed by atoms with E-state index in [2.05, 4.69) is 0 Å². The molecule has 2 N–H and O–H groups in total. The van der Waals surface area contributed by atoms with Crippen LogP contribution >= 0.6 is 0 Å². The highest BCUT2D eigenvalue weighted by atomic mass is 32.2. The van der Waals surface area contributed by atoms with Crippen molar-refractivity contribution in [2.45, 2.75) is 30.6 Å². The van der Waals surface area contributed by atoms with Gasteiger partial charge in [0.05, 0.1) is 4.90 Å². The molecule has 8 heteroatoms. The van der Waals surface area contributed by atoms with Crippen molar-refractivity contribution < 1.29 is 25.9 Å². The first-order valence-corrected chi connectivity index (χ1v) is 11.5. The lowest BCUT2D eigenvalue weighted by molar-refractivity contribution is 0.481. The predicted molar refractivity (Wildman–Crippen MR) is 112 cm³/mol. The quantitative estimate of drug-likeness (QED) is 0.589. The molecule has 0 heterocycles. The lowest BCUT2D eigenvalue weighted by Gasteiger charge is -2.14. The molecule has 3 aromatic carbocycles. The van der Waals surface area contributed by atoms with Crippen molar-refractivity contribution in [2.75, 3.05) is 0 Å². The van der Waals surface area contributed by atoms with Crippen molar-refractivity contribution in [1.82, 2.24) is 0 Å². The summed E-state index contributed by atoms with van der Waals surface area (Å²) in [6.45, 7) is 5.88. The van der Waals surface area contributed by atoms with Crippen LogP contribution in [0.3, 0.4) is 0 Å². The molecule has 0 saturated heterocycles. The van der Waals surface area contributed by atoms with E-state index in [4.69, 9.17) is 4.55 Å². The largest absolute Gasteiger partial charge is 0.295 e. The second-order valence-corrected chi connectivity index (χ2v) is 9.34. The maximum absolute atomic E-state index is 11.5. The summed E-state index contributed by atoms with van der Waals surface area (Å²) in [4.78, 5) is -0.125. The average Bonchev–Trinajstić information content (AvgIpc) is 2.61. The van der Waals surface area contributed by atoms with Crippen LogP contribution < -0.4 is 0 Å². The Morgan fingerprint density at radius 1 is 0.655 bits per heavy atom. The van der Waals surface area contributed by atoms with Crippen LogP contribution in [0.4, 0.5) is 0 Å². The summed E-state index contributed by atoms with van der Waals surface area (Å²) < 4.78 is 61.5. The minimum Gasteiger partial charge on any atom is -0.282 e. The number of benzene rings is 3. The van der Waals surface area contributed by atoms with Crippen molar-refractivity contribution in [2.24, 2.45) is 0 Å². The molecule has 0 aliphatic carbocycles. The van der Waals surface area contributed by atoms with Crippen molar-refractivity contribution in [3.63, 3.8) is 0 Å². The molecule has 0 spiro atoms. The van der Waals surface area contributed by atoms with E-state index < -0.39 is 20.2 Å². The van der Waals surface area contributed by atoms with E-state index in [0.29, 0.717) is 5.56 Å². The fourth-order valence-corrected chi connectivity index (χ4v) is 4.30. The van der Waals surface area contributed by atoms with Gasteiger partial charge in [-0.1, -0.05) is 54.1 Å². The highest BCUT2D eigenvalue weighted by Gasteiger charge is 2.18. The van der Waals surface area contributed by atoms with Crippen molar-refractivity contribution >= 4 is 20.2 Å². The lowest BCUT2D eigenvalue weighted by Crippen LogP contribution is -2.02. The van der Waals surface area contributed by atoms with Crippen LogP contribution in [0.25, 0.3) is 11.1 Å². The fourth-order valence-electron chi connectivity index (χ4n) is 3.10. The molecular formula is C21H22O6S2. The van der Waals surface area contributed by atoms with Gasteiger partial charge in [0.1, 0.15) is 4.90 Å². The summed E-state index contributed by atoms with van der Waals surface area (Å²) in [6, 6.07) is 17.9. The Bertz CT molecular complexity index is 1190. The maximum atomic E-state index is 11.5. The summed E-state index contributed by atoms with van der Waals surface area (Å²) in [5.41, 5.74) is 4.52. The first-order valence-electron chi connectivity index (χ1n) is 8.58. The number of hydrogen-bond acceptors (Lipinski definition) is 4. The molecule has 0 saturated carbocycles. The number of hydrogen-bond donors (Lipinski definition) is 2. The molecule has 154 valence electrons. The maximum Gasteiger partial charge on any atom is 0.295 e. The lowest BCUT2D eigenvalue weighted by atomic mass is 9.94. The van der Waals surface area contributed by atoms with Gasteiger partial charge in [-0.25, -0.2) is 0 Å². The van der Waals surface area contributed by atoms with Crippen LogP contribution in [0, 0.1) is 20.8 Å². The Hall–Kier alpha value is -2.52. The second kappa shape index (κ2) is 8.87. The van der Waals surface area contributed by atoms with Gasteiger partial charge < -0.3 is 0 Å². The third-order valence-corrected chi connectivity index (χ3v) is 5.93. The van der Waals surface area contributed by atoms with Gasteiger partial charge in [0.15, 0.2) is 0 Å². The Morgan fingerprint density at radius 2 is 1.14 bits per heavy atom. The van der Waals surface area contributed by atoms with Gasteiger partial charge in [-0.15, -0.1) is 0 Å². The van der Waals surface area contributed by atoms with Crippen LogP contribution in [0.1, 0.15) is 16.7 Å². The summed E-state index contributed by atoms with van der Waals surface area (Å²) in [7, 11) is -8.23. The van der Waals surface area contributed by atoms with E-state index in [0.717, 1.165) is 22.3 Å². The molecule has 0 aliphatic rings. The molecule has 0 radical (unpaired) electrons. The Morgan fingerprint density at radius 3 is 1.59 bits per heavy atom. The summed E-state index contributed by atoms with van der Waals surface area (Å²) in [5.74, 6) is 0. The minimum absolute atomic E-state index is 0.0509. The molecule has 0 amide bonds. The monoisotopic (exact) mass is 434 g/mol. The van der Waals surface area contributed by atoms with E-state index in [9.17, 15) is 21.4 Å². The topological polar surface area (TPSA) is 109 Å². The second-order valence-electron chi connectivity index (χ2n) is 6.53. The van der Waals surface area contributed by atoms with E-state index in [1.54, 1.807) is 36.4 Å². The zero-order valence-corrected chi connectivity index (χ0v) is 17.8. The molecule has 0 bridgehead atoms. The van der Waals surface area contributed by atoms with Gasteiger partial charge in [0.25, 0.3) is 20.2 Å². The van der Waals surface area contributed by atoms with Crippen LogP contribution in [0.15, 0.2) is 76.5 Å². The van der Waals surface area contributed by atoms with Crippen molar-refractivity contribution in [3.8, 4) is 11.1 Å². The van der Waals surface area contributed by atoms with Crippen LogP contribution in [-0.2, 0) is 20.2 Å². The fraction of sp³-hybridized carbons (Fsp3) is 0.143. The molecule has 3 aromatic rings. The highest BCUT2D eigenvalue weighted by molar-refractivity contribution is 7.86. The summed E-state index contributed by atoms with van der Waals surface area (Å²) >= 11 is 0. The SMILES string of the molecule is Cc1cc(C)c(-c2ccccc2S(=O)(=O)O)c(C)c1.O=S(=O)(O)c1ccccc1. The van der Waals surface area contributed by atoms with Gasteiger partial charge in [0.2, 0.25) is 0 Å². The first-order chi connectivity index (χ1) is 13.4. The van der Waals surface area contributed by atoms with E-state index in [1.807, 2.05) is 32.9 Å². The highest BCUT2D eigenvalue weighted by Crippen LogP contribution is 2.33. The number of aryl methyl sites for hydroxylation is 3. The zero-order chi connectivity index (χ0) is 21.8. The van der Waals surface area contributed by atoms with Gasteiger partial charge in [0, 0.05) is 5.56 Å². The third kappa shape index (κ3) is 5.98. The third-order valence-electron chi connectivity index (χ3n) is 4.15. The summed E-state index contributed by atoms with van der Waals surface area (Å²) in [6.07, 6.45) is 0. The molecule has 3 rings (SSSR count). The van der Waals surface area contributed by atoms with Crippen molar-refractivity contribution in [3.05, 3.63) is 83.4 Å². The van der Waals surface area contributed by atoms with Gasteiger partial charge in [-0.3, -0.25) is 9.11 Å². The molecule has 29 heavy (non-hydrogen) atoms. The summed E-state index contributed by atoms with van der Waals surface area (Å²) in [5, 5.41) is 0. The molecule has 0 atom stereocenters. The van der Waals surface area contributed by atoms with Gasteiger partial charge >= 0.3 is 0 Å². The Labute approximate surface area is 171 Å². The molecule has 0 aliphatic heterocycles. The van der Waals surface area contributed by atoms with E-state index in [1.165, 1.54) is 18.2 Å². The normalized spacial score (nSPS) is 11.5. The van der Waals surface area contributed by atoms with E-state index >= 15 is 0 Å². The first kappa shape index (κ1) is 22.8. The zero-order valence-electron chi connectivity index (χ0n) is 16.2. The molecule has 0 aromatic heterocycles. The molecule has 0 unspecified atom stereocenters. The minimum atomic E-state index is -4.23. The molecular weight excluding hydrogens is 412 g/mol. The Kier molecular flexibility index (Phi) is 6.97. The average molecular weight is 435 g/mol. The smallest absolute Gasteiger partial charge is 0.282 e. The number of rotatable bonds is 3. The molecule has 6 nitrogen and oxygen atoms in total. The van der Waals surface area contributed by atoms with Crippen LogP contribution in [0.5, 0.6) is 0 Å². The van der Waals surface area contributed by atoms with Gasteiger partial charge in [-0.2, -0.15) is 16.8 Å².